The Bertz CT molecular complexity index is 1530. The molecule has 0 saturated heterocycles. The van der Waals surface area contributed by atoms with Gasteiger partial charge in [-0.2, -0.15) is 0 Å². The molecule has 0 aliphatic carbocycles. The predicted molar refractivity (Wildman–Crippen MR) is 128 cm³/mol. The number of hydrogen-bond donors (Lipinski definition) is 1. The van der Waals surface area contributed by atoms with Crippen molar-refractivity contribution >= 4 is 28.4 Å². The smallest absolute Gasteiger partial charge is 0.291 e. The fraction of sp³-hybridized carbons (Fsp3) is 0.0769. The molecule has 0 unspecified atom stereocenters. The standard InChI is InChI=1S/C26H19N3O5/c1-15-10-11-18(21(14-15)29(31)32)22-12-13-24(33-22)25(30)27-19-8-5-6-17(16(19)2)26-28-20-7-3-4-9-23(20)34-26/h3-14H,1-2H3,(H,27,30). The highest BCUT2D eigenvalue weighted by molar-refractivity contribution is 6.03. The van der Waals surface area contributed by atoms with E-state index >= 15 is 0 Å². The highest BCUT2D eigenvalue weighted by Gasteiger charge is 2.21. The zero-order valence-electron chi connectivity index (χ0n) is 18.4. The van der Waals surface area contributed by atoms with Crippen LogP contribution in [-0.4, -0.2) is 15.8 Å². The molecule has 0 aliphatic rings. The van der Waals surface area contributed by atoms with Crippen LogP contribution >= 0.6 is 0 Å². The number of rotatable bonds is 5. The van der Waals surface area contributed by atoms with Crippen molar-refractivity contribution in [2.75, 3.05) is 5.32 Å². The highest BCUT2D eigenvalue weighted by atomic mass is 16.6. The van der Waals surface area contributed by atoms with Crippen LogP contribution in [0, 0.1) is 24.0 Å². The molecular formula is C26H19N3O5. The lowest BCUT2D eigenvalue weighted by atomic mass is 10.1. The summed E-state index contributed by atoms with van der Waals surface area (Å²) in [6, 6.07) is 20.8. The van der Waals surface area contributed by atoms with Gasteiger partial charge in [0.05, 0.1) is 10.5 Å². The minimum absolute atomic E-state index is 0.0385. The van der Waals surface area contributed by atoms with E-state index in [1.165, 1.54) is 12.1 Å². The fourth-order valence-electron chi connectivity index (χ4n) is 3.78. The summed E-state index contributed by atoms with van der Waals surface area (Å²) in [5, 5.41) is 14.3. The summed E-state index contributed by atoms with van der Waals surface area (Å²) in [6.45, 7) is 3.64. The Morgan fingerprint density at radius 1 is 0.941 bits per heavy atom. The number of carbonyl (C=O) groups is 1. The summed E-state index contributed by atoms with van der Waals surface area (Å²) in [5.41, 5.74) is 4.53. The number of oxazole rings is 1. The van der Waals surface area contributed by atoms with Crippen LogP contribution in [0.25, 0.3) is 33.9 Å². The topological polar surface area (TPSA) is 111 Å². The maximum Gasteiger partial charge on any atom is 0.291 e. The molecule has 1 N–H and O–H groups in total. The summed E-state index contributed by atoms with van der Waals surface area (Å²) in [4.78, 5) is 28.4. The normalized spacial score (nSPS) is 11.0. The number of furan rings is 1. The number of hydrogen-bond acceptors (Lipinski definition) is 6. The number of carbonyl (C=O) groups excluding carboxylic acids is 1. The summed E-state index contributed by atoms with van der Waals surface area (Å²) in [6.07, 6.45) is 0. The minimum atomic E-state index is -0.473. The number of para-hydroxylation sites is 2. The van der Waals surface area contributed by atoms with Gasteiger partial charge >= 0.3 is 0 Å². The maximum absolute atomic E-state index is 12.9. The first-order valence-electron chi connectivity index (χ1n) is 10.5. The molecule has 0 bridgehead atoms. The van der Waals surface area contributed by atoms with Gasteiger partial charge in [-0.05, 0) is 67.4 Å². The molecule has 0 atom stereocenters. The third-order valence-electron chi connectivity index (χ3n) is 5.55. The lowest BCUT2D eigenvalue weighted by molar-refractivity contribution is -0.384. The Hall–Kier alpha value is -4.72. The van der Waals surface area contributed by atoms with Crippen LogP contribution in [0.2, 0.25) is 0 Å². The van der Waals surface area contributed by atoms with Gasteiger partial charge in [-0.15, -0.1) is 0 Å². The molecule has 0 fully saturated rings. The van der Waals surface area contributed by atoms with Crippen LogP contribution in [-0.2, 0) is 0 Å². The lowest BCUT2D eigenvalue weighted by Gasteiger charge is -2.10. The van der Waals surface area contributed by atoms with Gasteiger partial charge < -0.3 is 14.2 Å². The number of nitrogens with zero attached hydrogens (tertiary/aromatic N) is 2. The van der Waals surface area contributed by atoms with Crippen molar-refractivity contribution in [3.05, 3.63) is 99.8 Å². The van der Waals surface area contributed by atoms with Crippen LogP contribution < -0.4 is 5.32 Å². The van der Waals surface area contributed by atoms with Gasteiger partial charge in [0.25, 0.3) is 11.6 Å². The van der Waals surface area contributed by atoms with E-state index in [4.69, 9.17) is 8.83 Å². The van der Waals surface area contributed by atoms with Crippen LogP contribution in [0.15, 0.2) is 81.6 Å². The van der Waals surface area contributed by atoms with Crippen molar-refractivity contribution in [1.82, 2.24) is 4.98 Å². The first kappa shape index (κ1) is 21.1. The van der Waals surface area contributed by atoms with Crippen molar-refractivity contribution in [2.45, 2.75) is 13.8 Å². The number of amides is 1. The van der Waals surface area contributed by atoms with E-state index in [2.05, 4.69) is 10.3 Å². The van der Waals surface area contributed by atoms with E-state index in [1.807, 2.05) is 37.3 Å². The van der Waals surface area contributed by atoms with Gasteiger partial charge in [-0.1, -0.05) is 24.3 Å². The molecule has 8 nitrogen and oxygen atoms in total. The third-order valence-corrected chi connectivity index (χ3v) is 5.55. The summed E-state index contributed by atoms with van der Waals surface area (Å²) >= 11 is 0. The molecular weight excluding hydrogens is 434 g/mol. The van der Waals surface area contributed by atoms with Crippen molar-refractivity contribution in [3.8, 4) is 22.8 Å². The first-order chi connectivity index (χ1) is 16.4. The van der Waals surface area contributed by atoms with Crippen molar-refractivity contribution in [2.24, 2.45) is 0 Å². The number of fused-ring (bicyclic) bond motifs is 1. The van der Waals surface area contributed by atoms with Gasteiger partial charge in [-0.25, -0.2) is 4.98 Å². The second kappa shape index (κ2) is 8.32. The van der Waals surface area contributed by atoms with Gasteiger partial charge in [0, 0.05) is 17.3 Å². The number of anilines is 1. The Morgan fingerprint density at radius 2 is 1.76 bits per heavy atom. The zero-order chi connectivity index (χ0) is 23.8. The van der Waals surface area contributed by atoms with Crippen molar-refractivity contribution < 1.29 is 18.6 Å². The van der Waals surface area contributed by atoms with Crippen LogP contribution in [0.3, 0.4) is 0 Å². The molecule has 0 saturated carbocycles. The van der Waals surface area contributed by atoms with E-state index in [1.54, 1.807) is 37.3 Å². The summed E-state index contributed by atoms with van der Waals surface area (Å²) < 4.78 is 11.6. The van der Waals surface area contributed by atoms with Crippen LogP contribution in [0.4, 0.5) is 11.4 Å². The molecule has 0 radical (unpaired) electrons. The maximum atomic E-state index is 12.9. The molecule has 5 aromatic rings. The molecule has 0 spiro atoms. The van der Waals surface area contributed by atoms with Gasteiger partial charge in [0.15, 0.2) is 11.3 Å². The first-order valence-corrected chi connectivity index (χ1v) is 10.5. The molecule has 2 aromatic heterocycles. The van der Waals surface area contributed by atoms with E-state index in [-0.39, 0.29) is 17.2 Å². The highest BCUT2D eigenvalue weighted by Crippen LogP contribution is 2.33. The van der Waals surface area contributed by atoms with E-state index in [0.717, 1.165) is 22.2 Å². The quantitative estimate of drug-likeness (QED) is 0.239. The van der Waals surface area contributed by atoms with Gasteiger partial charge in [0.1, 0.15) is 11.3 Å². The number of nitro benzene ring substituents is 1. The number of nitrogens with one attached hydrogen (secondary N) is 1. The van der Waals surface area contributed by atoms with E-state index in [9.17, 15) is 14.9 Å². The van der Waals surface area contributed by atoms with Crippen molar-refractivity contribution in [1.29, 1.82) is 0 Å². The Balaban J connectivity index is 1.42. The molecule has 2 heterocycles. The molecule has 0 aliphatic heterocycles. The number of nitro groups is 1. The van der Waals surface area contributed by atoms with Crippen molar-refractivity contribution in [3.63, 3.8) is 0 Å². The summed E-state index contributed by atoms with van der Waals surface area (Å²) in [5.74, 6) is 0.269. The average Bonchev–Trinajstić information content (AvgIpc) is 3.48. The fourth-order valence-corrected chi connectivity index (χ4v) is 3.78. The number of aromatic nitrogens is 1. The molecule has 5 rings (SSSR count). The summed E-state index contributed by atoms with van der Waals surface area (Å²) in [7, 11) is 0. The second-order valence-corrected chi connectivity index (χ2v) is 7.86. The monoisotopic (exact) mass is 453 g/mol. The molecule has 34 heavy (non-hydrogen) atoms. The minimum Gasteiger partial charge on any atom is -0.451 e. The second-order valence-electron chi connectivity index (χ2n) is 7.86. The Labute approximate surface area is 194 Å². The Morgan fingerprint density at radius 3 is 2.56 bits per heavy atom. The van der Waals surface area contributed by atoms with Crippen LogP contribution in [0.5, 0.6) is 0 Å². The largest absolute Gasteiger partial charge is 0.451 e. The molecule has 1 amide bonds. The van der Waals surface area contributed by atoms with Crippen LogP contribution in [0.1, 0.15) is 21.7 Å². The molecule has 3 aromatic carbocycles. The predicted octanol–water partition coefficient (Wildman–Crippen LogP) is 6.53. The van der Waals surface area contributed by atoms with E-state index in [0.29, 0.717) is 22.7 Å². The number of benzene rings is 3. The Kier molecular flexibility index (Phi) is 5.18. The molecule has 8 heteroatoms. The lowest BCUT2D eigenvalue weighted by Crippen LogP contribution is -2.12. The van der Waals surface area contributed by atoms with Gasteiger partial charge in [-0.3, -0.25) is 14.9 Å². The van der Waals surface area contributed by atoms with Gasteiger partial charge in [0.2, 0.25) is 5.89 Å². The number of aryl methyl sites for hydroxylation is 1. The third kappa shape index (κ3) is 3.81. The zero-order valence-corrected chi connectivity index (χ0v) is 18.4. The SMILES string of the molecule is Cc1ccc(-c2ccc(C(=O)Nc3cccc(-c4nc5ccccc5o4)c3C)o2)c([N+](=O)[O-])c1. The molecule has 168 valence electrons. The average molecular weight is 453 g/mol. The van der Waals surface area contributed by atoms with E-state index < -0.39 is 10.8 Å².